The van der Waals surface area contributed by atoms with Gasteiger partial charge in [-0.25, -0.2) is 4.79 Å². The summed E-state index contributed by atoms with van der Waals surface area (Å²) in [7, 11) is 0. The van der Waals surface area contributed by atoms with Crippen molar-refractivity contribution in [2.45, 2.75) is 90.6 Å². The third-order valence-electron chi connectivity index (χ3n) is 6.15. The molecule has 32 heavy (non-hydrogen) atoms. The van der Waals surface area contributed by atoms with Crippen LogP contribution in [0.15, 0.2) is 16.6 Å². The summed E-state index contributed by atoms with van der Waals surface area (Å²) in [4.78, 5) is 25.8. The van der Waals surface area contributed by atoms with Gasteiger partial charge in [0.25, 0.3) is 0 Å². The second kappa shape index (κ2) is 14.5. The number of nitrogens with zero attached hydrogens (tertiary/aromatic N) is 1. The van der Waals surface area contributed by atoms with Gasteiger partial charge in [-0.1, -0.05) is 45.4 Å². The molecule has 2 N–H and O–H groups in total. The number of rotatable bonds is 13. The first-order chi connectivity index (χ1) is 15.4. The molecule has 7 heteroatoms. The van der Waals surface area contributed by atoms with E-state index >= 15 is 0 Å². The minimum Gasteiger partial charge on any atom is -0.466 e. The molecule has 0 radical (unpaired) electrons. The number of ether oxygens (including phenoxy) is 2. The van der Waals surface area contributed by atoms with Crippen molar-refractivity contribution in [2.24, 2.45) is 0 Å². The predicted molar refractivity (Wildman–Crippen MR) is 132 cm³/mol. The lowest BCUT2D eigenvalue weighted by Gasteiger charge is -2.34. The number of esters is 2. The number of nitrogens with two attached hydrogens (primary N) is 1. The quantitative estimate of drug-likeness (QED) is 0.203. The highest BCUT2D eigenvalue weighted by Crippen LogP contribution is 2.30. The Morgan fingerprint density at radius 3 is 2.28 bits per heavy atom. The maximum Gasteiger partial charge on any atom is 0.338 e. The van der Waals surface area contributed by atoms with Gasteiger partial charge in [-0.05, 0) is 65.9 Å². The van der Waals surface area contributed by atoms with E-state index < -0.39 is 0 Å². The maximum atomic E-state index is 12.6. The van der Waals surface area contributed by atoms with Crippen LogP contribution in [0.1, 0.15) is 94.0 Å². The molecule has 0 amide bonds. The van der Waals surface area contributed by atoms with Gasteiger partial charge in [0.2, 0.25) is 0 Å². The van der Waals surface area contributed by atoms with Crippen molar-refractivity contribution in [3.05, 3.63) is 27.7 Å². The molecule has 6 nitrogen and oxygen atoms in total. The monoisotopic (exact) mass is 510 g/mol. The summed E-state index contributed by atoms with van der Waals surface area (Å²) < 4.78 is 11.2. The second-order valence-corrected chi connectivity index (χ2v) is 9.48. The molecule has 1 aliphatic rings. The number of carbonyl (C=O) groups excluding carboxylic acids is 2. The molecule has 2 rings (SSSR count). The zero-order valence-corrected chi connectivity index (χ0v) is 21.3. The Hall–Kier alpha value is -1.60. The number of hydrogen-bond donors (Lipinski definition) is 1. The van der Waals surface area contributed by atoms with E-state index in [4.69, 9.17) is 15.2 Å². The van der Waals surface area contributed by atoms with Crippen LogP contribution in [0, 0.1) is 0 Å². The van der Waals surface area contributed by atoms with Crippen LogP contribution in [0.4, 0.5) is 5.69 Å². The van der Waals surface area contributed by atoms with Crippen molar-refractivity contribution in [3.63, 3.8) is 0 Å². The molecule has 0 bridgehead atoms. The Labute approximate surface area is 201 Å². The molecule has 0 atom stereocenters. The van der Waals surface area contributed by atoms with Crippen molar-refractivity contribution in [1.82, 2.24) is 4.90 Å². The largest absolute Gasteiger partial charge is 0.466 e. The normalized spacial score (nSPS) is 14.5. The van der Waals surface area contributed by atoms with Gasteiger partial charge in [-0.2, -0.15) is 0 Å². The lowest BCUT2D eigenvalue weighted by Crippen LogP contribution is -2.36. The summed E-state index contributed by atoms with van der Waals surface area (Å²) in [5.74, 6) is -0.534. The number of benzene rings is 1. The van der Waals surface area contributed by atoms with E-state index in [1.807, 2.05) is 6.07 Å². The van der Waals surface area contributed by atoms with Gasteiger partial charge in [-0.15, -0.1) is 0 Å². The van der Waals surface area contributed by atoms with E-state index in [0.29, 0.717) is 30.5 Å². The highest BCUT2D eigenvalue weighted by atomic mass is 79.9. The summed E-state index contributed by atoms with van der Waals surface area (Å²) in [5.41, 5.74) is 8.56. The number of carbonyl (C=O) groups is 2. The smallest absolute Gasteiger partial charge is 0.338 e. The molecule has 1 aliphatic carbocycles. The lowest BCUT2D eigenvalue weighted by molar-refractivity contribution is -0.141. The van der Waals surface area contributed by atoms with Crippen LogP contribution >= 0.6 is 15.9 Å². The van der Waals surface area contributed by atoms with Crippen molar-refractivity contribution < 1.29 is 19.1 Å². The Bertz CT molecular complexity index is 735. The van der Waals surface area contributed by atoms with E-state index in [1.165, 1.54) is 39.0 Å². The Morgan fingerprint density at radius 1 is 1.03 bits per heavy atom. The average Bonchev–Trinajstić information content (AvgIpc) is 2.79. The van der Waals surface area contributed by atoms with Gasteiger partial charge in [0.05, 0.1) is 24.5 Å². The topological polar surface area (TPSA) is 81.9 Å². The Morgan fingerprint density at radius 2 is 1.66 bits per heavy atom. The zero-order valence-electron chi connectivity index (χ0n) is 19.7. The van der Waals surface area contributed by atoms with Gasteiger partial charge in [0.1, 0.15) is 0 Å². The van der Waals surface area contributed by atoms with Crippen LogP contribution in [0.5, 0.6) is 0 Å². The first-order valence-electron chi connectivity index (χ1n) is 12.0. The van der Waals surface area contributed by atoms with Gasteiger partial charge >= 0.3 is 11.9 Å². The fraction of sp³-hybridized carbons (Fsp3) is 0.680. The average molecular weight is 512 g/mol. The van der Waals surface area contributed by atoms with E-state index in [1.54, 1.807) is 6.07 Å². The van der Waals surface area contributed by atoms with Crippen LogP contribution in [0.2, 0.25) is 0 Å². The molecule has 0 saturated heterocycles. The fourth-order valence-electron chi connectivity index (χ4n) is 4.29. The summed E-state index contributed by atoms with van der Waals surface area (Å²) in [6, 6.07) is 4.24. The van der Waals surface area contributed by atoms with Gasteiger partial charge < -0.3 is 15.2 Å². The molecule has 0 aromatic heterocycles. The Kier molecular flexibility index (Phi) is 12.1. The molecule has 0 heterocycles. The van der Waals surface area contributed by atoms with Gasteiger partial charge in [0, 0.05) is 24.0 Å². The molecule has 1 aromatic carbocycles. The van der Waals surface area contributed by atoms with E-state index in [-0.39, 0.29) is 11.9 Å². The van der Waals surface area contributed by atoms with Gasteiger partial charge in [0.15, 0.2) is 0 Å². The van der Waals surface area contributed by atoms with Crippen molar-refractivity contribution in [2.75, 3.05) is 25.5 Å². The SMILES string of the molecule is CCN(Cc1cc(C(=O)OCCCCCCCOC(C)=O)cc(Br)c1N)C1CCCCC1. The zero-order chi connectivity index (χ0) is 23.3. The number of halogens is 1. The molecule has 1 saturated carbocycles. The molecular formula is C25H39BrN2O4. The van der Waals surface area contributed by atoms with Crippen LogP contribution in [-0.2, 0) is 20.8 Å². The molecule has 0 spiro atoms. The molecule has 180 valence electrons. The number of unbranched alkanes of at least 4 members (excludes halogenated alkanes) is 4. The number of nitrogen functional groups attached to an aromatic ring is 1. The summed E-state index contributed by atoms with van der Waals surface area (Å²) in [6.45, 7) is 6.22. The van der Waals surface area contributed by atoms with Crippen molar-refractivity contribution >= 4 is 33.6 Å². The summed E-state index contributed by atoms with van der Waals surface area (Å²) >= 11 is 3.52. The highest BCUT2D eigenvalue weighted by molar-refractivity contribution is 9.10. The first kappa shape index (κ1) is 26.7. The summed E-state index contributed by atoms with van der Waals surface area (Å²) in [5, 5.41) is 0. The molecule has 0 unspecified atom stereocenters. The maximum absolute atomic E-state index is 12.6. The molecule has 0 aliphatic heterocycles. The fourth-order valence-corrected chi connectivity index (χ4v) is 4.79. The lowest BCUT2D eigenvalue weighted by atomic mass is 9.93. The molecule has 1 aromatic rings. The summed E-state index contributed by atoms with van der Waals surface area (Å²) in [6.07, 6.45) is 11.1. The van der Waals surface area contributed by atoms with E-state index in [2.05, 4.69) is 27.8 Å². The second-order valence-electron chi connectivity index (χ2n) is 8.63. The van der Waals surface area contributed by atoms with E-state index in [9.17, 15) is 9.59 Å². The highest BCUT2D eigenvalue weighted by Gasteiger charge is 2.22. The van der Waals surface area contributed by atoms with E-state index in [0.717, 1.165) is 55.2 Å². The predicted octanol–water partition coefficient (Wildman–Crippen LogP) is 5.86. The van der Waals surface area contributed by atoms with Gasteiger partial charge in [-0.3, -0.25) is 9.69 Å². The first-order valence-corrected chi connectivity index (χ1v) is 12.8. The minimum atomic E-state index is -0.303. The van der Waals surface area contributed by atoms with Crippen LogP contribution < -0.4 is 5.73 Å². The van der Waals surface area contributed by atoms with Crippen LogP contribution in [0.3, 0.4) is 0 Å². The third-order valence-corrected chi connectivity index (χ3v) is 6.80. The third kappa shape index (κ3) is 9.10. The number of anilines is 1. The molecular weight excluding hydrogens is 472 g/mol. The van der Waals surface area contributed by atoms with Crippen molar-refractivity contribution in [3.8, 4) is 0 Å². The van der Waals surface area contributed by atoms with Crippen LogP contribution in [-0.4, -0.2) is 42.6 Å². The van der Waals surface area contributed by atoms with Crippen molar-refractivity contribution in [1.29, 1.82) is 0 Å². The minimum absolute atomic E-state index is 0.231. The number of hydrogen-bond acceptors (Lipinski definition) is 6. The Balaban J connectivity index is 1.81. The van der Waals surface area contributed by atoms with Crippen LogP contribution in [0.25, 0.3) is 0 Å². The molecule has 1 fully saturated rings. The standard InChI is InChI=1S/C25H39BrN2O4/c1-3-28(22-12-8-7-9-13-22)18-21-16-20(17-23(26)24(21)27)25(30)32-15-11-6-4-5-10-14-31-19(2)29/h16-17,22H,3-15,18,27H2,1-2H3.